The van der Waals surface area contributed by atoms with E-state index in [9.17, 15) is 4.79 Å². The van der Waals surface area contributed by atoms with Gasteiger partial charge in [0, 0.05) is 16.1 Å². The highest BCUT2D eigenvalue weighted by atomic mass is 35.5. The van der Waals surface area contributed by atoms with Gasteiger partial charge in [-0.2, -0.15) is 5.10 Å². The van der Waals surface area contributed by atoms with E-state index in [2.05, 4.69) is 48.6 Å². The third-order valence-corrected chi connectivity index (χ3v) is 5.21. The smallest absolute Gasteiger partial charge is 0.271 e. The second kappa shape index (κ2) is 11.4. The fourth-order valence-corrected chi connectivity index (χ4v) is 3.32. The molecule has 0 unspecified atom stereocenters. The van der Waals surface area contributed by atoms with E-state index in [1.165, 1.54) is 11.8 Å². The fraction of sp³-hybridized carbons (Fsp3) is 0.231. The number of ether oxygens (including phenoxy) is 3. The van der Waals surface area contributed by atoms with Crippen molar-refractivity contribution in [3.8, 4) is 17.2 Å². The lowest BCUT2D eigenvalue weighted by molar-refractivity contribution is 0.0955. The number of carbonyl (C=O) groups is 1. The van der Waals surface area contributed by atoms with Crippen LogP contribution < -0.4 is 19.6 Å². The van der Waals surface area contributed by atoms with Crippen molar-refractivity contribution in [1.29, 1.82) is 0 Å². The van der Waals surface area contributed by atoms with Gasteiger partial charge in [0.2, 0.25) is 5.75 Å². The van der Waals surface area contributed by atoms with Crippen LogP contribution in [0.3, 0.4) is 0 Å². The molecular formula is C26H27ClN2O4. The monoisotopic (exact) mass is 466 g/mol. The largest absolute Gasteiger partial charge is 0.493 e. The number of nitrogens with zero attached hydrogens (tertiary/aromatic N) is 1. The first-order valence-corrected chi connectivity index (χ1v) is 10.9. The van der Waals surface area contributed by atoms with Crippen LogP contribution in [0, 0.1) is 0 Å². The summed E-state index contributed by atoms with van der Waals surface area (Å²) in [5.41, 5.74) is 5.89. The maximum atomic E-state index is 12.2. The Labute approximate surface area is 199 Å². The van der Waals surface area contributed by atoms with Crippen LogP contribution in [0.25, 0.3) is 0 Å². The summed E-state index contributed by atoms with van der Waals surface area (Å²) in [5.74, 6) is 1.60. The van der Waals surface area contributed by atoms with Gasteiger partial charge >= 0.3 is 0 Å². The Balaban J connectivity index is 1.72. The Hall–Kier alpha value is -3.51. The van der Waals surface area contributed by atoms with E-state index in [0.717, 1.165) is 5.56 Å². The number of nitrogens with one attached hydrogen (secondary N) is 1. The van der Waals surface area contributed by atoms with Crippen molar-refractivity contribution in [3.05, 3.63) is 87.9 Å². The average molecular weight is 467 g/mol. The fourth-order valence-electron chi connectivity index (χ4n) is 3.13. The Kier molecular flexibility index (Phi) is 8.33. The van der Waals surface area contributed by atoms with Crippen molar-refractivity contribution in [2.24, 2.45) is 5.10 Å². The molecule has 0 saturated carbocycles. The second-order valence-corrected chi connectivity index (χ2v) is 8.09. The number of rotatable bonds is 9. The lowest BCUT2D eigenvalue weighted by Crippen LogP contribution is -2.17. The number of hydrogen-bond donors (Lipinski definition) is 1. The summed E-state index contributed by atoms with van der Waals surface area (Å²) in [5, 5.41) is 4.50. The molecule has 0 radical (unpaired) electrons. The van der Waals surface area contributed by atoms with Crippen LogP contribution in [0.1, 0.15) is 46.8 Å². The average Bonchev–Trinajstić information content (AvgIpc) is 2.82. The molecule has 1 amide bonds. The molecule has 0 aliphatic rings. The molecule has 33 heavy (non-hydrogen) atoms. The summed E-state index contributed by atoms with van der Waals surface area (Å²) in [4.78, 5) is 12.2. The van der Waals surface area contributed by atoms with Crippen molar-refractivity contribution in [3.63, 3.8) is 0 Å². The minimum atomic E-state index is -0.365. The van der Waals surface area contributed by atoms with E-state index in [4.69, 9.17) is 25.8 Å². The molecule has 6 nitrogen and oxygen atoms in total. The number of amides is 1. The molecule has 172 valence electrons. The van der Waals surface area contributed by atoms with Crippen molar-refractivity contribution in [2.75, 3.05) is 14.2 Å². The van der Waals surface area contributed by atoms with Crippen molar-refractivity contribution < 1.29 is 19.0 Å². The molecule has 0 spiro atoms. The van der Waals surface area contributed by atoms with E-state index in [-0.39, 0.29) is 5.91 Å². The Bertz CT molecular complexity index is 1100. The maximum absolute atomic E-state index is 12.2. The molecule has 0 fully saturated rings. The number of benzene rings is 3. The van der Waals surface area contributed by atoms with Gasteiger partial charge in [0.15, 0.2) is 11.5 Å². The predicted octanol–water partition coefficient (Wildman–Crippen LogP) is 5.82. The first kappa shape index (κ1) is 24.1. The van der Waals surface area contributed by atoms with E-state index < -0.39 is 0 Å². The van der Waals surface area contributed by atoms with Gasteiger partial charge in [-0.3, -0.25) is 4.79 Å². The van der Waals surface area contributed by atoms with Crippen LogP contribution in [0.5, 0.6) is 17.2 Å². The highest BCUT2D eigenvalue weighted by Gasteiger charge is 2.14. The first-order valence-electron chi connectivity index (χ1n) is 10.5. The van der Waals surface area contributed by atoms with E-state index in [1.54, 1.807) is 50.6 Å². The maximum Gasteiger partial charge on any atom is 0.271 e. The Morgan fingerprint density at radius 1 is 1.03 bits per heavy atom. The van der Waals surface area contributed by atoms with Crippen LogP contribution in [0.15, 0.2) is 65.8 Å². The van der Waals surface area contributed by atoms with Crippen LogP contribution in [-0.4, -0.2) is 26.3 Å². The van der Waals surface area contributed by atoms with Crippen molar-refractivity contribution in [2.45, 2.75) is 26.4 Å². The summed E-state index contributed by atoms with van der Waals surface area (Å²) >= 11 is 5.93. The molecule has 0 atom stereocenters. The van der Waals surface area contributed by atoms with E-state index >= 15 is 0 Å². The molecule has 0 aliphatic heterocycles. The van der Waals surface area contributed by atoms with E-state index in [0.29, 0.717) is 45.9 Å². The normalized spacial score (nSPS) is 11.0. The molecule has 3 aromatic rings. The van der Waals surface area contributed by atoms with Gasteiger partial charge in [0.25, 0.3) is 5.91 Å². The van der Waals surface area contributed by atoms with Crippen LogP contribution >= 0.6 is 11.6 Å². The zero-order valence-corrected chi connectivity index (χ0v) is 19.8. The summed E-state index contributed by atoms with van der Waals surface area (Å²) in [6.45, 7) is 4.69. The van der Waals surface area contributed by atoms with Gasteiger partial charge in [-0.05, 0) is 47.4 Å². The number of methoxy groups -OCH3 is 2. The second-order valence-electron chi connectivity index (χ2n) is 7.65. The lowest BCUT2D eigenvalue weighted by Gasteiger charge is -2.15. The molecule has 3 rings (SSSR count). The third kappa shape index (κ3) is 6.49. The lowest BCUT2D eigenvalue weighted by atomic mass is 10.0. The molecule has 0 saturated heterocycles. The zero-order chi connectivity index (χ0) is 23.8. The summed E-state index contributed by atoms with van der Waals surface area (Å²) in [7, 11) is 3.11. The molecule has 0 bridgehead atoms. The topological polar surface area (TPSA) is 69.2 Å². The van der Waals surface area contributed by atoms with Gasteiger partial charge < -0.3 is 14.2 Å². The quantitative estimate of drug-likeness (QED) is 0.318. The van der Waals surface area contributed by atoms with Crippen LogP contribution in [-0.2, 0) is 6.61 Å². The highest BCUT2D eigenvalue weighted by Crippen LogP contribution is 2.38. The van der Waals surface area contributed by atoms with Gasteiger partial charge in [-0.1, -0.05) is 55.8 Å². The molecule has 0 aliphatic carbocycles. The number of hydrogen-bond acceptors (Lipinski definition) is 5. The molecular weight excluding hydrogens is 440 g/mol. The van der Waals surface area contributed by atoms with Gasteiger partial charge in [0.1, 0.15) is 6.61 Å². The predicted molar refractivity (Wildman–Crippen MR) is 131 cm³/mol. The zero-order valence-electron chi connectivity index (χ0n) is 19.1. The standard InChI is InChI=1S/C26H27ClN2O4/c1-17(2)20-10-8-18(9-11-20)16-33-25-23(31-3)12-19(13-24(25)32-4)15-28-29-26(30)21-6-5-7-22(27)14-21/h5-15,17H,16H2,1-4H3,(H,29,30)/b28-15+. The Morgan fingerprint density at radius 3 is 2.27 bits per heavy atom. The van der Waals surface area contributed by atoms with Crippen LogP contribution in [0.2, 0.25) is 5.02 Å². The number of halogens is 1. The minimum absolute atomic E-state index is 0.365. The summed E-state index contributed by atoms with van der Waals surface area (Å²) in [6.07, 6.45) is 1.50. The third-order valence-electron chi connectivity index (χ3n) is 4.98. The number of carbonyl (C=O) groups excluding carboxylic acids is 1. The molecule has 1 N–H and O–H groups in total. The minimum Gasteiger partial charge on any atom is -0.493 e. The molecule has 0 aromatic heterocycles. The molecule has 0 heterocycles. The first-order chi connectivity index (χ1) is 15.9. The number of hydrazone groups is 1. The van der Waals surface area contributed by atoms with Gasteiger partial charge in [-0.15, -0.1) is 0 Å². The summed E-state index contributed by atoms with van der Waals surface area (Å²) < 4.78 is 17.0. The van der Waals surface area contributed by atoms with E-state index in [1.807, 2.05) is 0 Å². The molecule has 7 heteroatoms. The SMILES string of the molecule is COc1cc(/C=N/NC(=O)c2cccc(Cl)c2)cc(OC)c1OCc1ccc(C(C)C)cc1. The van der Waals surface area contributed by atoms with Crippen molar-refractivity contribution >= 4 is 23.7 Å². The molecule has 3 aromatic carbocycles. The Morgan fingerprint density at radius 2 is 1.70 bits per heavy atom. The van der Waals surface area contributed by atoms with Crippen LogP contribution in [0.4, 0.5) is 0 Å². The van der Waals surface area contributed by atoms with Crippen molar-refractivity contribution in [1.82, 2.24) is 5.43 Å². The van der Waals surface area contributed by atoms with Gasteiger partial charge in [0.05, 0.1) is 20.4 Å². The highest BCUT2D eigenvalue weighted by molar-refractivity contribution is 6.30. The summed E-state index contributed by atoms with van der Waals surface area (Å²) in [6, 6.07) is 18.5. The van der Waals surface area contributed by atoms with Gasteiger partial charge in [-0.25, -0.2) is 5.43 Å².